The third kappa shape index (κ3) is 5.16. The number of anilines is 1. The number of halogens is 2. The lowest BCUT2D eigenvalue weighted by atomic mass is 10.3. The minimum Gasteiger partial charge on any atom is -0.467 e. The summed E-state index contributed by atoms with van der Waals surface area (Å²) >= 11 is 0. The van der Waals surface area contributed by atoms with Crippen molar-refractivity contribution >= 4 is 17.6 Å². The summed E-state index contributed by atoms with van der Waals surface area (Å²) in [5.41, 5.74) is 0.798. The van der Waals surface area contributed by atoms with E-state index in [0.29, 0.717) is 18.4 Å². The maximum absolute atomic E-state index is 14.0. The van der Waals surface area contributed by atoms with Crippen LogP contribution in [0.15, 0.2) is 59.3 Å². The number of furan rings is 1. The van der Waals surface area contributed by atoms with Crippen LogP contribution in [0.5, 0.6) is 0 Å². The van der Waals surface area contributed by atoms with Crippen LogP contribution in [0, 0.1) is 11.6 Å². The maximum Gasteiger partial charge on any atom is 0.322 e. The van der Waals surface area contributed by atoms with Crippen molar-refractivity contribution in [2.75, 3.05) is 11.9 Å². The number of carbonyl (C=O) groups is 2. The highest BCUT2D eigenvalue weighted by Crippen LogP contribution is 2.28. The van der Waals surface area contributed by atoms with E-state index in [9.17, 15) is 18.4 Å². The molecule has 0 bridgehead atoms. The number of rotatable bonds is 8. The molecule has 7 nitrogen and oxygen atoms in total. The predicted octanol–water partition coefficient (Wildman–Crippen LogP) is 4.12. The van der Waals surface area contributed by atoms with Crippen LogP contribution in [0.25, 0.3) is 0 Å². The lowest BCUT2D eigenvalue weighted by Crippen LogP contribution is -2.45. The van der Waals surface area contributed by atoms with Crippen LogP contribution < -0.4 is 5.32 Å². The van der Waals surface area contributed by atoms with Gasteiger partial charge in [-0.15, -0.1) is 0 Å². The van der Waals surface area contributed by atoms with Crippen molar-refractivity contribution in [1.29, 1.82) is 0 Å². The summed E-state index contributed by atoms with van der Waals surface area (Å²) in [6.45, 7) is 0.434. The molecule has 1 aromatic carbocycles. The highest BCUT2D eigenvalue weighted by atomic mass is 19.1. The van der Waals surface area contributed by atoms with Crippen molar-refractivity contribution in [3.8, 4) is 0 Å². The van der Waals surface area contributed by atoms with E-state index in [1.807, 2.05) is 29.9 Å². The minimum absolute atomic E-state index is 0.0945. The third-order valence-electron chi connectivity index (χ3n) is 5.41. The van der Waals surface area contributed by atoms with Gasteiger partial charge in [0.05, 0.1) is 25.0 Å². The molecule has 1 aliphatic rings. The van der Waals surface area contributed by atoms with Crippen molar-refractivity contribution in [2.24, 2.45) is 7.05 Å². The van der Waals surface area contributed by atoms with Gasteiger partial charge in [0.1, 0.15) is 23.9 Å². The topological polar surface area (TPSA) is 70.7 Å². The quantitative estimate of drug-likeness (QED) is 0.571. The van der Waals surface area contributed by atoms with Gasteiger partial charge in [-0.1, -0.05) is 0 Å². The zero-order chi connectivity index (χ0) is 22.7. The number of nitrogens with zero attached hydrogens (tertiary/aromatic N) is 3. The second-order valence-corrected chi connectivity index (χ2v) is 7.85. The summed E-state index contributed by atoms with van der Waals surface area (Å²) in [4.78, 5) is 29.1. The highest BCUT2D eigenvalue weighted by molar-refractivity contribution is 5.93. The maximum atomic E-state index is 14.0. The minimum atomic E-state index is -0.872. The first-order chi connectivity index (χ1) is 15.4. The normalized spacial score (nSPS) is 13.1. The van der Waals surface area contributed by atoms with Crippen LogP contribution in [0.4, 0.5) is 19.3 Å². The molecule has 4 rings (SSSR count). The Morgan fingerprint density at radius 3 is 2.59 bits per heavy atom. The molecule has 0 aliphatic heterocycles. The molecule has 168 valence electrons. The summed E-state index contributed by atoms with van der Waals surface area (Å²) in [7, 11) is 1.89. The Morgan fingerprint density at radius 2 is 1.97 bits per heavy atom. The van der Waals surface area contributed by atoms with Crippen molar-refractivity contribution in [3.05, 3.63) is 78.0 Å². The molecule has 1 fully saturated rings. The van der Waals surface area contributed by atoms with Crippen molar-refractivity contribution in [1.82, 2.24) is 14.4 Å². The van der Waals surface area contributed by atoms with E-state index in [1.54, 1.807) is 23.3 Å². The number of amides is 3. The zero-order valence-electron chi connectivity index (χ0n) is 17.6. The van der Waals surface area contributed by atoms with Crippen LogP contribution >= 0.6 is 0 Å². The van der Waals surface area contributed by atoms with Gasteiger partial charge >= 0.3 is 6.03 Å². The fraction of sp³-hybridized carbons (Fsp3) is 0.304. The molecule has 0 saturated heterocycles. The molecule has 32 heavy (non-hydrogen) atoms. The first-order valence-corrected chi connectivity index (χ1v) is 10.3. The van der Waals surface area contributed by atoms with Gasteiger partial charge in [0.15, 0.2) is 0 Å². The van der Waals surface area contributed by atoms with Gasteiger partial charge in [0.2, 0.25) is 5.91 Å². The number of aromatic nitrogens is 1. The molecule has 1 aliphatic carbocycles. The molecular weight excluding hydrogens is 418 g/mol. The molecule has 9 heteroatoms. The van der Waals surface area contributed by atoms with Crippen LogP contribution in [0.2, 0.25) is 0 Å². The first-order valence-electron chi connectivity index (χ1n) is 10.3. The van der Waals surface area contributed by atoms with E-state index in [-0.39, 0.29) is 30.7 Å². The SMILES string of the molecule is Cn1cccc1CN(Cc1ccco1)C(=O)CN(C(=O)Nc1ccc(F)cc1F)C1CC1. The molecule has 3 amide bonds. The molecule has 1 N–H and O–H groups in total. The van der Waals surface area contributed by atoms with Crippen LogP contribution in [-0.2, 0) is 24.9 Å². The number of hydrogen-bond acceptors (Lipinski definition) is 3. The van der Waals surface area contributed by atoms with Crippen molar-refractivity contribution in [3.63, 3.8) is 0 Å². The second-order valence-electron chi connectivity index (χ2n) is 7.85. The average Bonchev–Trinajstić information content (AvgIpc) is 3.31. The zero-order valence-corrected chi connectivity index (χ0v) is 17.6. The highest BCUT2D eigenvalue weighted by Gasteiger charge is 2.35. The summed E-state index contributed by atoms with van der Waals surface area (Å²) < 4.78 is 34.5. The number of hydrogen-bond donors (Lipinski definition) is 1. The van der Waals surface area contributed by atoms with E-state index in [2.05, 4.69) is 5.32 Å². The molecular formula is C23H24F2N4O3. The summed E-state index contributed by atoms with van der Waals surface area (Å²) in [6.07, 6.45) is 4.97. The molecule has 0 unspecified atom stereocenters. The predicted molar refractivity (Wildman–Crippen MR) is 113 cm³/mol. The van der Waals surface area contributed by atoms with E-state index in [0.717, 1.165) is 30.7 Å². The number of aryl methyl sites for hydroxylation is 1. The number of benzene rings is 1. The van der Waals surface area contributed by atoms with Gasteiger partial charge in [0.25, 0.3) is 0 Å². The number of nitrogens with one attached hydrogen (secondary N) is 1. The molecule has 0 spiro atoms. The molecule has 0 atom stereocenters. The van der Waals surface area contributed by atoms with E-state index in [4.69, 9.17) is 4.42 Å². The smallest absolute Gasteiger partial charge is 0.322 e. The largest absolute Gasteiger partial charge is 0.467 e. The second kappa shape index (κ2) is 9.25. The Labute approximate surface area is 184 Å². The van der Waals surface area contributed by atoms with Gasteiger partial charge in [-0.05, 0) is 49.2 Å². The molecule has 3 aromatic rings. The lowest BCUT2D eigenvalue weighted by molar-refractivity contribution is -0.133. The Balaban J connectivity index is 1.48. The van der Waals surface area contributed by atoms with Gasteiger partial charge < -0.3 is 24.1 Å². The number of urea groups is 1. The van der Waals surface area contributed by atoms with Gasteiger partial charge in [-0.25, -0.2) is 13.6 Å². The van der Waals surface area contributed by atoms with Crippen LogP contribution in [0.1, 0.15) is 24.3 Å². The van der Waals surface area contributed by atoms with E-state index >= 15 is 0 Å². The Morgan fingerprint density at radius 1 is 1.16 bits per heavy atom. The van der Waals surface area contributed by atoms with E-state index < -0.39 is 17.7 Å². The molecule has 2 heterocycles. The summed E-state index contributed by atoms with van der Waals surface area (Å²) in [5, 5.41) is 2.46. The standard InChI is InChI=1S/C23H24F2N4O3/c1-27-10-2-4-18(27)13-28(14-19-5-3-11-32-19)22(30)15-29(17-7-8-17)23(31)26-21-9-6-16(24)12-20(21)25/h2-6,9-12,17H,7-8,13-15H2,1H3,(H,26,31). The van der Waals surface area contributed by atoms with Gasteiger partial charge in [0, 0.05) is 31.0 Å². The average molecular weight is 442 g/mol. The summed E-state index contributed by atoms with van der Waals surface area (Å²) in [6, 6.07) is 9.59. The lowest BCUT2D eigenvalue weighted by Gasteiger charge is -2.27. The molecule has 1 saturated carbocycles. The fourth-order valence-electron chi connectivity index (χ4n) is 3.46. The Bertz CT molecular complexity index is 1090. The first kappa shape index (κ1) is 21.6. The van der Waals surface area contributed by atoms with Gasteiger partial charge in [-0.3, -0.25) is 4.79 Å². The fourth-order valence-corrected chi connectivity index (χ4v) is 3.46. The third-order valence-corrected chi connectivity index (χ3v) is 5.41. The van der Waals surface area contributed by atoms with Crippen molar-refractivity contribution < 1.29 is 22.8 Å². The summed E-state index contributed by atoms with van der Waals surface area (Å²) in [5.74, 6) is -1.24. The van der Waals surface area contributed by atoms with Gasteiger partial charge in [-0.2, -0.15) is 0 Å². The van der Waals surface area contributed by atoms with E-state index in [1.165, 1.54) is 4.90 Å². The monoisotopic (exact) mass is 442 g/mol. The van der Waals surface area contributed by atoms with Crippen LogP contribution in [-0.4, -0.2) is 38.9 Å². The molecule has 2 aromatic heterocycles. The Kier molecular flexibility index (Phi) is 6.25. The Hall–Kier alpha value is -3.62. The molecule has 0 radical (unpaired) electrons. The van der Waals surface area contributed by atoms with Crippen LogP contribution in [0.3, 0.4) is 0 Å². The number of carbonyl (C=O) groups excluding carboxylic acids is 2. The van der Waals surface area contributed by atoms with Crippen molar-refractivity contribution in [2.45, 2.75) is 32.0 Å².